The highest BCUT2D eigenvalue weighted by atomic mass is 32.2. The summed E-state index contributed by atoms with van der Waals surface area (Å²) < 4.78 is 7.42. The van der Waals surface area contributed by atoms with Crippen LogP contribution in [0.15, 0.2) is 50.8 Å². The van der Waals surface area contributed by atoms with Crippen molar-refractivity contribution in [1.82, 2.24) is 14.3 Å². The molecule has 3 aromatic heterocycles. The van der Waals surface area contributed by atoms with Gasteiger partial charge in [0.25, 0.3) is 11.5 Å². The minimum Gasteiger partial charge on any atom is -0.467 e. The molecule has 1 fully saturated rings. The summed E-state index contributed by atoms with van der Waals surface area (Å²) >= 11 is 6.68. The Hall–Kier alpha value is -2.91. The Morgan fingerprint density at radius 2 is 2.06 bits per heavy atom. The number of furan rings is 1. The van der Waals surface area contributed by atoms with E-state index in [2.05, 4.69) is 17.2 Å². The first-order valence-electron chi connectivity index (χ1n) is 11.0. The molecule has 7 nitrogen and oxygen atoms in total. The van der Waals surface area contributed by atoms with Crippen LogP contribution in [0.3, 0.4) is 0 Å². The van der Waals surface area contributed by atoms with Gasteiger partial charge in [0.15, 0.2) is 0 Å². The molecule has 0 aliphatic carbocycles. The van der Waals surface area contributed by atoms with E-state index in [4.69, 9.17) is 16.6 Å². The van der Waals surface area contributed by atoms with Crippen molar-refractivity contribution in [1.29, 1.82) is 0 Å². The lowest BCUT2D eigenvalue weighted by molar-refractivity contribution is -0.122. The second kappa shape index (κ2) is 10.4. The van der Waals surface area contributed by atoms with E-state index in [-0.39, 0.29) is 11.5 Å². The second-order valence-electron chi connectivity index (χ2n) is 7.94. The number of thioether (sulfide) groups is 1. The van der Waals surface area contributed by atoms with Gasteiger partial charge in [0.2, 0.25) is 0 Å². The Morgan fingerprint density at radius 3 is 2.82 bits per heavy atom. The van der Waals surface area contributed by atoms with E-state index >= 15 is 0 Å². The molecule has 0 spiro atoms. The Kier molecular flexibility index (Phi) is 7.29. The predicted octanol–water partition coefficient (Wildman–Crippen LogP) is 4.99. The van der Waals surface area contributed by atoms with Crippen molar-refractivity contribution >= 4 is 51.7 Å². The number of hydrogen-bond donors (Lipinski definition) is 1. The van der Waals surface area contributed by atoms with Crippen LogP contribution in [0.4, 0.5) is 5.82 Å². The minimum absolute atomic E-state index is 0.160. The fraction of sp³-hybridized carbons (Fsp3) is 0.333. The molecule has 1 saturated heterocycles. The monoisotopic (exact) mass is 482 g/mol. The zero-order valence-corrected chi connectivity index (χ0v) is 20.3. The van der Waals surface area contributed by atoms with E-state index in [0.29, 0.717) is 45.1 Å². The largest absolute Gasteiger partial charge is 0.467 e. The summed E-state index contributed by atoms with van der Waals surface area (Å²) in [6, 6.07) is 7.35. The number of thiocarbonyl (C=S) groups is 1. The molecular weight excluding hydrogens is 456 g/mol. The van der Waals surface area contributed by atoms with Crippen LogP contribution in [0.1, 0.15) is 49.5 Å². The molecule has 1 aliphatic heterocycles. The van der Waals surface area contributed by atoms with Gasteiger partial charge in [-0.3, -0.25) is 18.9 Å². The van der Waals surface area contributed by atoms with E-state index in [1.54, 1.807) is 35.6 Å². The molecule has 1 N–H and O–H groups in total. The van der Waals surface area contributed by atoms with Crippen molar-refractivity contribution in [3.63, 3.8) is 0 Å². The molecule has 0 saturated carbocycles. The Labute approximate surface area is 201 Å². The Morgan fingerprint density at radius 1 is 1.21 bits per heavy atom. The number of pyridine rings is 1. The smallest absolute Gasteiger partial charge is 0.267 e. The van der Waals surface area contributed by atoms with Gasteiger partial charge in [0.05, 0.1) is 23.3 Å². The third kappa shape index (κ3) is 5.20. The van der Waals surface area contributed by atoms with Crippen LogP contribution in [0.5, 0.6) is 0 Å². The number of amides is 1. The highest BCUT2D eigenvalue weighted by molar-refractivity contribution is 8.26. The number of hydrogen-bond acceptors (Lipinski definition) is 7. The third-order valence-electron chi connectivity index (χ3n) is 5.40. The lowest BCUT2D eigenvalue weighted by Crippen LogP contribution is -2.29. The maximum Gasteiger partial charge on any atom is 0.267 e. The molecule has 172 valence electrons. The summed E-state index contributed by atoms with van der Waals surface area (Å²) in [6.07, 6.45) is 9.18. The molecule has 1 aliphatic rings. The number of carbonyl (C=O) groups excluding carboxylic acids is 1. The van der Waals surface area contributed by atoms with Crippen LogP contribution in [-0.2, 0) is 11.3 Å². The average molecular weight is 483 g/mol. The number of aryl methyl sites for hydroxylation is 1. The summed E-state index contributed by atoms with van der Waals surface area (Å²) in [5, 5.41) is 3.19. The Balaban J connectivity index is 1.69. The van der Waals surface area contributed by atoms with Crippen LogP contribution in [0.25, 0.3) is 11.7 Å². The quantitative estimate of drug-likeness (QED) is 0.261. The van der Waals surface area contributed by atoms with Crippen molar-refractivity contribution in [2.75, 3.05) is 11.9 Å². The van der Waals surface area contributed by atoms with Crippen LogP contribution in [0.2, 0.25) is 0 Å². The fourth-order valence-corrected chi connectivity index (χ4v) is 4.92. The van der Waals surface area contributed by atoms with Gasteiger partial charge in [-0.1, -0.05) is 56.2 Å². The molecule has 1 amide bonds. The number of unbranched alkanes of at least 4 members (excludes halogenated alkanes) is 3. The van der Waals surface area contributed by atoms with Crippen molar-refractivity contribution in [2.45, 2.75) is 46.1 Å². The molecule has 0 atom stereocenters. The van der Waals surface area contributed by atoms with Gasteiger partial charge in [-0.25, -0.2) is 4.98 Å². The maximum atomic E-state index is 13.4. The van der Waals surface area contributed by atoms with Crippen LogP contribution in [0, 0.1) is 6.92 Å². The van der Waals surface area contributed by atoms with Gasteiger partial charge < -0.3 is 9.73 Å². The fourth-order valence-electron chi connectivity index (χ4n) is 3.63. The van der Waals surface area contributed by atoms with E-state index in [0.717, 1.165) is 31.2 Å². The van der Waals surface area contributed by atoms with E-state index < -0.39 is 0 Å². The highest BCUT2D eigenvalue weighted by Crippen LogP contribution is 2.33. The lowest BCUT2D eigenvalue weighted by atomic mass is 10.2. The number of nitrogens with zero attached hydrogens (tertiary/aromatic N) is 3. The van der Waals surface area contributed by atoms with Gasteiger partial charge in [-0.05, 0) is 43.2 Å². The van der Waals surface area contributed by atoms with Crippen LogP contribution in [-0.4, -0.2) is 31.1 Å². The third-order valence-corrected chi connectivity index (χ3v) is 6.78. The Bertz CT molecular complexity index is 1260. The van der Waals surface area contributed by atoms with Crippen LogP contribution >= 0.6 is 24.0 Å². The molecule has 0 bridgehead atoms. The number of aromatic nitrogens is 2. The summed E-state index contributed by atoms with van der Waals surface area (Å²) in [5.41, 5.74) is 1.52. The van der Waals surface area contributed by atoms with E-state index in [1.165, 1.54) is 16.2 Å². The first kappa shape index (κ1) is 23.3. The highest BCUT2D eigenvalue weighted by Gasteiger charge is 2.32. The zero-order chi connectivity index (χ0) is 23.4. The van der Waals surface area contributed by atoms with Gasteiger partial charge in [0.1, 0.15) is 21.5 Å². The molecule has 0 aromatic carbocycles. The molecule has 0 radical (unpaired) electrons. The lowest BCUT2D eigenvalue weighted by Gasteiger charge is -2.14. The van der Waals surface area contributed by atoms with Crippen molar-refractivity contribution in [3.8, 4) is 0 Å². The van der Waals surface area contributed by atoms with E-state index in [1.807, 2.05) is 19.1 Å². The first-order chi connectivity index (χ1) is 16.0. The summed E-state index contributed by atoms with van der Waals surface area (Å²) in [6.45, 7) is 5.02. The molecule has 33 heavy (non-hydrogen) atoms. The average Bonchev–Trinajstić information content (AvgIpc) is 3.41. The van der Waals surface area contributed by atoms with Gasteiger partial charge in [0, 0.05) is 12.7 Å². The van der Waals surface area contributed by atoms with Gasteiger partial charge in [-0.2, -0.15) is 0 Å². The predicted molar refractivity (Wildman–Crippen MR) is 136 cm³/mol. The summed E-state index contributed by atoms with van der Waals surface area (Å²) in [4.78, 5) is 33.2. The van der Waals surface area contributed by atoms with Crippen molar-refractivity contribution in [3.05, 3.63) is 68.9 Å². The topological polar surface area (TPSA) is 79.8 Å². The maximum absolute atomic E-state index is 13.4. The standard InChI is InChI=1S/C24H26N4O3S2/c1-3-4-5-6-11-27-23(30)19(33-24(27)32)13-18-21(25-14-17-8-7-12-31-17)26-20-10-9-16(2)15-28(20)22(18)29/h7-10,12-13,15,25H,3-6,11,14H2,1-2H3. The number of carbonyl (C=O) groups is 1. The molecule has 4 heterocycles. The van der Waals surface area contributed by atoms with Crippen molar-refractivity contribution in [2.24, 2.45) is 0 Å². The number of nitrogens with one attached hydrogen (secondary N) is 1. The van der Waals surface area contributed by atoms with E-state index in [9.17, 15) is 9.59 Å². The summed E-state index contributed by atoms with van der Waals surface area (Å²) in [7, 11) is 0. The van der Waals surface area contributed by atoms with Crippen LogP contribution < -0.4 is 10.9 Å². The normalized spacial score (nSPS) is 15.2. The SMILES string of the molecule is CCCCCCN1C(=O)C(=Cc2c(NCc3ccco3)nc3ccc(C)cn3c2=O)SC1=S. The van der Waals surface area contributed by atoms with Gasteiger partial charge in [-0.15, -0.1) is 0 Å². The number of rotatable bonds is 9. The zero-order valence-electron chi connectivity index (χ0n) is 18.7. The van der Waals surface area contributed by atoms with Crippen molar-refractivity contribution < 1.29 is 9.21 Å². The molecular formula is C24H26N4O3S2. The van der Waals surface area contributed by atoms with Gasteiger partial charge >= 0.3 is 0 Å². The first-order valence-corrected chi connectivity index (χ1v) is 12.2. The second-order valence-corrected chi connectivity index (χ2v) is 9.62. The minimum atomic E-state index is -0.251. The number of fused-ring (bicyclic) bond motifs is 1. The molecule has 0 unspecified atom stereocenters. The molecule has 4 rings (SSSR count). The summed E-state index contributed by atoms with van der Waals surface area (Å²) in [5.74, 6) is 0.950. The number of anilines is 1. The molecule has 9 heteroatoms. The molecule has 3 aromatic rings.